The van der Waals surface area contributed by atoms with Crippen molar-refractivity contribution in [2.45, 2.75) is 46.4 Å². The first-order chi connectivity index (χ1) is 10.4. The van der Waals surface area contributed by atoms with E-state index in [4.69, 9.17) is 9.47 Å². The van der Waals surface area contributed by atoms with Gasteiger partial charge in [-0.25, -0.2) is 0 Å². The van der Waals surface area contributed by atoms with Crippen molar-refractivity contribution in [3.05, 3.63) is 23.8 Å². The predicted molar refractivity (Wildman–Crippen MR) is 82.7 cm³/mol. The minimum atomic E-state index is -4.79. The summed E-state index contributed by atoms with van der Waals surface area (Å²) in [7, 11) is 0. The summed E-state index contributed by atoms with van der Waals surface area (Å²) in [5.41, 5.74) is -3.27. The molecule has 0 amide bonds. The third kappa shape index (κ3) is 5.61. The van der Waals surface area contributed by atoms with Crippen LogP contribution >= 0.6 is 0 Å². The van der Waals surface area contributed by atoms with E-state index in [9.17, 15) is 18.3 Å². The van der Waals surface area contributed by atoms with Crippen molar-refractivity contribution in [3.8, 4) is 11.5 Å². The van der Waals surface area contributed by atoms with Gasteiger partial charge >= 0.3 is 6.18 Å². The van der Waals surface area contributed by atoms with E-state index in [1.165, 1.54) is 12.1 Å². The van der Waals surface area contributed by atoms with Gasteiger partial charge in [-0.15, -0.1) is 0 Å². The van der Waals surface area contributed by atoms with Gasteiger partial charge in [0.1, 0.15) is 11.5 Å². The highest BCUT2D eigenvalue weighted by atomic mass is 19.4. The lowest BCUT2D eigenvalue weighted by Gasteiger charge is -2.27. The van der Waals surface area contributed by atoms with E-state index >= 15 is 0 Å². The quantitative estimate of drug-likeness (QED) is 0.796. The van der Waals surface area contributed by atoms with Gasteiger partial charge in [0.05, 0.1) is 13.2 Å². The monoisotopic (exact) mass is 334 g/mol. The van der Waals surface area contributed by atoms with E-state index < -0.39 is 11.8 Å². The topological polar surface area (TPSA) is 38.7 Å². The van der Waals surface area contributed by atoms with Crippen LogP contribution in [0.5, 0.6) is 11.5 Å². The molecule has 6 heteroatoms. The first-order valence-corrected chi connectivity index (χ1v) is 7.63. The SMILES string of the molecule is CC(C)COc1cc(OCC(C)C)cc(C(C)(O)C(F)(F)F)c1. The van der Waals surface area contributed by atoms with Crippen LogP contribution in [0.3, 0.4) is 0 Å². The van der Waals surface area contributed by atoms with Crippen molar-refractivity contribution in [1.29, 1.82) is 0 Å². The molecule has 1 aromatic carbocycles. The first kappa shape index (κ1) is 19.6. The molecule has 0 radical (unpaired) electrons. The molecule has 132 valence electrons. The van der Waals surface area contributed by atoms with Gasteiger partial charge < -0.3 is 14.6 Å². The number of alkyl halides is 3. The average Bonchev–Trinajstić information content (AvgIpc) is 2.41. The van der Waals surface area contributed by atoms with E-state index in [0.717, 1.165) is 6.92 Å². The Bertz CT molecular complexity index is 478. The highest BCUT2D eigenvalue weighted by molar-refractivity contribution is 5.41. The number of benzene rings is 1. The second kappa shape index (κ2) is 7.43. The minimum absolute atomic E-state index is 0.224. The van der Waals surface area contributed by atoms with Gasteiger partial charge in [0.25, 0.3) is 0 Å². The zero-order valence-electron chi connectivity index (χ0n) is 14.2. The van der Waals surface area contributed by atoms with Crippen molar-refractivity contribution in [2.24, 2.45) is 11.8 Å². The van der Waals surface area contributed by atoms with Crippen LogP contribution in [0.2, 0.25) is 0 Å². The summed E-state index contributed by atoms with van der Waals surface area (Å²) in [5, 5.41) is 9.89. The molecule has 0 heterocycles. The summed E-state index contributed by atoms with van der Waals surface area (Å²) in [6, 6.07) is 3.96. The smallest absolute Gasteiger partial charge is 0.421 e. The van der Waals surface area contributed by atoms with Crippen molar-refractivity contribution >= 4 is 0 Å². The van der Waals surface area contributed by atoms with Crippen LogP contribution in [0.4, 0.5) is 13.2 Å². The fraction of sp³-hybridized carbons (Fsp3) is 0.647. The summed E-state index contributed by atoms with van der Waals surface area (Å²) in [4.78, 5) is 0. The highest BCUT2D eigenvalue weighted by Gasteiger charge is 2.51. The van der Waals surface area contributed by atoms with Crippen LogP contribution in [-0.2, 0) is 5.60 Å². The van der Waals surface area contributed by atoms with Crippen LogP contribution in [-0.4, -0.2) is 24.5 Å². The molecule has 0 spiro atoms. The first-order valence-electron chi connectivity index (χ1n) is 7.63. The van der Waals surface area contributed by atoms with Crippen LogP contribution in [0.15, 0.2) is 18.2 Å². The summed E-state index contributed by atoms with van der Waals surface area (Å²) >= 11 is 0. The van der Waals surface area contributed by atoms with E-state index in [1.807, 2.05) is 27.7 Å². The fourth-order valence-corrected chi connectivity index (χ4v) is 1.71. The number of hydrogen-bond acceptors (Lipinski definition) is 3. The number of hydrogen-bond donors (Lipinski definition) is 1. The Morgan fingerprint density at radius 3 is 1.61 bits per heavy atom. The third-order valence-electron chi connectivity index (χ3n) is 3.16. The molecule has 0 fully saturated rings. The van der Waals surface area contributed by atoms with Crippen LogP contribution < -0.4 is 9.47 Å². The maximum Gasteiger partial charge on any atom is 0.421 e. The van der Waals surface area contributed by atoms with Gasteiger partial charge in [-0.05, 0) is 36.5 Å². The summed E-state index contributed by atoms with van der Waals surface area (Å²) in [5.74, 6) is 0.947. The van der Waals surface area contributed by atoms with Gasteiger partial charge in [0, 0.05) is 6.07 Å². The molecule has 0 saturated heterocycles. The largest absolute Gasteiger partial charge is 0.493 e. The van der Waals surface area contributed by atoms with E-state index in [-0.39, 0.29) is 28.9 Å². The van der Waals surface area contributed by atoms with Crippen molar-refractivity contribution < 1.29 is 27.8 Å². The number of halogens is 3. The standard InChI is InChI=1S/C17H25F3O3/c1-11(2)9-22-14-6-13(16(5,21)17(18,19)20)7-15(8-14)23-10-12(3)4/h6-8,11-12,21H,9-10H2,1-5H3. The van der Waals surface area contributed by atoms with Crippen molar-refractivity contribution in [2.75, 3.05) is 13.2 Å². The molecule has 23 heavy (non-hydrogen) atoms. The molecule has 1 rings (SSSR count). The number of aliphatic hydroxyl groups is 1. The Labute approximate surface area is 135 Å². The molecule has 1 N–H and O–H groups in total. The van der Waals surface area contributed by atoms with Gasteiger partial charge in [0.2, 0.25) is 0 Å². The van der Waals surface area contributed by atoms with Gasteiger partial charge in [-0.1, -0.05) is 27.7 Å². The number of ether oxygens (including phenoxy) is 2. The van der Waals surface area contributed by atoms with Crippen LogP contribution in [0.1, 0.15) is 40.2 Å². The normalized spacial score (nSPS) is 14.9. The second-order valence-electron chi connectivity index (χ2n) is 6.67. The molecule has 0 aliphatic carbocycles. The van der Waals surface area contributed by atoms with Crippen LogP contribution in [0, 0.1) is 11.8 Å². The van der Waals surface area contributed by atoms with E-state index in [0.29, 0.717) is 13.2 Å². The maximum absolute atomic E-state index is 13.1. The zero-order valence-corrected chi connectivity index (χ0v) is 14.2. The lowest BCUT2D eigenvalue weighted by molar-refractivity contribution is -0.258. The lowest BCUT2D eigenvalue weighted by atomic mass is 9.95. The molecule has 1 aromatic rings. The molecule has 0 aromatic heterocycles. The Morgan fingerprint density at radius 2 is 1.30 bits per heavy atom. The van der Waals surface area contributed by atoms with E-state index in [2.05, 4.69) is 0 Å². The minimum Gasteiger partial charge on any atom is -0.493 e. The third-order valence-corrected chi connectivity index (χ3v) is 3.16. The molecular formula is C17H25F3O3. The predicted octanol–water partition coefficient (Wildman–Crippen LogP) is 4.53. The molecular weight excluding hydrogens is 309 g/mol. The summed E-state index contributed by atoms with van der Waals surface area (Å²) in [6.07, 6.45) is -4.79. The van der Waals surface area contributed by atoms with E-state index in [1.54, 1.807) is 6.07 Å². The summed E-state index contributed by atoms with van der Waals surface area (Å²) < 4.78 is 50.2. The molecule has 0 aliphatic rings. The highest BCUT2D eigenvalue weighted by Crippen LogP contribution is 2.41. The molecule has 0 saturated carbocycles. The second-order valence-corrected chi connectivity index (χ2v) is 6.67. The maximum atomic E-state index is 13.1. The molecule has 1 atom stereocenters. The molecule has 3 nitrogen and oxygen atoms in total. The van der Waals surface area contributed by atoms with Gasteiger partial charge in [0.15, 0.2) is 5.60 Å². The zero-order chi connectivity index (χ0) is 17.8. The van der Waals surface area contributed by atoms with Gasteiger partial charge in [-0.3, -0.25) is 0 Å². The Morgan fingerprint density at radius 1 is 0.913 bits per heavy atom. The fourth-order valence-electron chi connectivity index (χ4n) is 1.71. The Hall–Kier alpha value is -1.43. The molecule has 0 aliphatic heterocycles. The summed E-state index contributed by atoms with van der Waals surface area (Å²) in [6.45, 7) is 9.19. The Balaban J connectivity index is 3.17. The molecule has 1 unspecified atom stereocenters. The van der Waals surface area contributed by atoms with Crippen molar-refractivity contribution in [3.63, 3.8) is 0 Å². The average molecular weight is 334 g/mol. The molecule has 0 bridgehead atoms. The Kier molecular flexibility index (Phi) is 6.33. The van der Waals surface area contributed by atoms with Crippen molar-refractivity contribution in [1.82, 2.24) is 0 Å². The van der Waals surface area contributed by atoms with Crippen LogP contribution in [0.25, 0.3) is 0 Å². The van der Waals surface area contributed by atoms with Gasteiger partial charge in [-0.2, -0.15) is 13.2 Å². The lowest BCUT2D eigenvalue weighted by Crippen LogP contribution is -2.39. The number of rotatable bonds is 7.